The molecule has 0 spiro atoms. The van der Waals surface area contributed by atoms with Gasteiger partial charge < -0.3 is 10.2 Å². The Balaban J connectivity index is 2.32. The number of nitrogens with two attached hydrogens (primary N) is 1. The maximum Gasteiger partial charge on any atom is 0.316 e. The van der Waals surface area contributed by atoms with Crippen LogP contribution < -0.4 is 16.1 Å². The van der Waals surface area contributed by atoms with Crippen molar-refractivity contribution in [2.75, 3.05) is 18.0 Å². The lowest BCUT2D eigenvalue weighted by molar-refractivity contribution is -0.138. The number of benzene rings is 1. The van der Waals surface area contributed by atoms with Gasteiger partial charge in [0.05, 0.1) is 6.61 Å². The number of piperazine rings is 1. The van der Waals surface area contributed by atoms with Crippen molar-refractivity contribution in [3.05, 3.63) is 29.8 Å². The van der Waals surface area contributed by atoms with Crippen LogP contribution in [-0.4, -0.2) is 24.9 Å². The molecular formula is C11H13N3O3. The number of amides is 2. The molecule has 0 atom stereocenters. The Kier molecular flexibility index (Phi) is 3.36. The largest absolute Gasteiger partial charge is 0.346 e. The van der Waals surface area contributed by atoms with E-state index in [9.17, 15) is 9.59 Å². The zero-order chi connectivity index (χ0) is 12.3. The van der Waals surface area contributed by atoms with E-state index in [4.69, 9.17) is 5.90 Å². The van der Waals surface area contributed by atoms with E-state index >= 15 is 0 Å². The number of hydrogen-bond acceptors (Lipinski definition) is 4. The number of anilines is 1. The highest BCUT2D eigenvalue weighted by atomic mass is 16.6. The van der Waals surface area contributed by atoms with Gasteiger partial charge in [-0.25, -0.2) is 5.90 Å². The molecule has 1 aliphatic rings. The molecule has 2 amide bonds. The zero-order valence-corrected chi connectivity index (χ0v) is 9.18. The van der Waals surface area contributed by atoms with Crippen molar-refractivity contribution in [1.82, 2.24) is 5.32 Å². The lowest BCUT2D eigenvalue weighted by Gasteiger charge is -2.28. The van der Waals surface area contributed by atoms with Gasteiger partial charge in [0.25, 0.3) is 0 Å². The van der Waals surface area contributed by atoms with Crippen LogP contribution in [0, 0.1) is 0 Å². The highest BCUT2D eigenvalue weighted by molar-refractivity contribution is 6.41. The molecule has 0 aliphatic carbocycles. The molecule has 1 aromatic rings. The molecule has 1 heterocycles. The van der Waals surface area contributed by atoms with Gasteiger partial charge in [0.15, 0.2) is 0 Å². The van der Waals surface area contributed by atoms with Gasteiger partial charge in [0, 0.05) is 24.3 Å². The molecule has 17 heavy (non-hydrogen) atoms. The maximum atomic E-state index is 11.7. The number of nitrogens with one attached hydrogen (secondary N) is 1. The predicted molar refractivity (Wildman–Crippen MR) is 60.8 cm³/mol. The molecule has 0 radical (unpaired) electrons. The Labute approximate surface area is 98.3 Å². The van der Waals surface area contributed by atoms with Crippen LogP contribution >= 0.6 is 0 Å². The standard InChI is InChI=1S/C11H13N3O3/c12-17-7-8-3-1-2-4-9(8)14-6-5-13-10(15)11(14)16/h1-4H,5-7,12H2,(H,13,15). The molecule has 0 aromatic heterocycles. The third kappa shape index (κ3) is 2.27. The Bertz CT molecular complexity index is 447. The van der Waals surface area contributed by atoms with Crippen LogP contribution in [0.25, 0.3) is 0 Å². The summed E-state index contributed by atoms with van der Waals surface area (Å²) in [6, 6.07) is 7.20. The summed E-state index contributed by atoms with van der Waals surface area (Å²) in [6.07, 6.45) is 0. The van der Waals surface area contributed by atoms with E-state index in [1.54, 1.807) is 12.1 Å². The van der Waals surface area contributed by atoms with E-state index in [2.05, 4.69) is 10.2 Å². The summed E-state index contributed by atoms with van der Waals surface area (Å²) in [5.74, 6) is 3.90. The lowest BCUT2D eigenvalue weighted by atomic mass is 10.1. The fourth-order valence-electron chi connectivity index (χ4n) is 1.80. The first-order valence-corrected chi connectivity index (χ1v) is 5.23. The number of carbonyl (C=O) groups is 2. The molecule has 0 saturated carbocycles. The second-order valence-electron chi connectivity index (χ2n) is 3.65. The van der Waals surface area contributed by atoms with Gasteiger partial charge in [-0.1, -0.05) is 18.2 Å². The molecule has 3 N–H and O–H groups in total. The van der Waals surface area contributed by atoms with Crippen LogP contribution in [0.5, 0.6) is 0 Å². The molecule has 6 nitrogen and oxygen atoms in total. The Morgan fingerprint density at radius 2 is 2.12 bits per heavy atom. The smallest absolute Gasteiger partial charge is 0.316 e. The van der Waals surface area contributed by atoms with Gasteiger partial charge in [-0.3, -0.25) is 14.4 Å². The van der Waals surface area contributed by atoms with Crippen LogP contribution in [0.1, 0.15) is 5.56 Å². The fraction of sp³-hybridized carbons (Fsp3) is 0.273. The van der Waals surface area contributed by atoms with E-state index in [0.29, 0.717) is 18.8 Å². The SMILES string of the molecule is NOCc1ccccc1N1CCNC(=O)C1=O. The lowest BCUT2D eigenvalue weighted by Crippen LogP contribution is -2.52. The van der Waals surface area contributed by atoms with E-state index < -0.39 is 11.8 Å². The summed E-state index contributed by atoms with van der Waals surface area (Å²) in [7, 11) is 0. The van der Waals surface area contributed by atoms with Crippen LogP contribution in [0.15, 0.2) is 24.3 Å². The molecule has 6 heteroatoms. The van der Waals surface area contributed by atoms with E-state index in [-0.39, 0.29) is 6.61 Å². The minimum Gasteiger partial charge on any atom is -0.346 e. The van der Waals surface area contributed by atoms with Gasteiger partial charge in [-0.15, -0.1) is 0 Å². The average molecular weight is 235 g/mol. The van der Waals surface area contributed by atoms with Crippen LogP contribution in [0.2, 0.25) is 0 Å². The summed E-state index contributed by atoms with van der Waals surface area (Å²) in [5, 5.41) is 2.50. The maximum absolute atomic E-state index is 11.7. The second-order valence-corrected chi connectivity index (χ2v) is 3.65. The summed E-state index contributed by atoms with van der Waals surface area (Å²) in [4.78, 5) is 29.0. The molecule has 1 saturated heterocycles. The van der Waals surface area contributed by atoms with Crippen molar-refractivity contribution in [2.45, 2.75) is 6.61 Å². The first-order chi connectivity index (χ1) is 8.24. The third-order valence-electron chi connectivity index (χ3n) is 2.58. The zero-order valence-electron chi connectivity index (χ0n) is 9.18. The van der Waals surface area contributed by atoms with Crippen molar-refractivity contribution >= 4 is 17.5 Å². The number of carbonyl (C=O) groups excluding carboxylic acids is 2. The van der Waals surface area contributed by atoms with Crippen LogP contribution in [-0.2, 0) is 21.0 Å². The Hall–Kier alpha value is -1.92. The Morgan fingerprint density at radius 1 is 1.35 bits per heavy atom. The number of rotatable bonds is 3. The average Bonchev–Trinajstić information content (AvgIpc) is 2.34. The number of nitrogens with zero attached hydrogens (tertiary/aromatic N) is 1. The molecule has 1 fully saturated rings. The molecule has 0 unspecified atom stereocenters. The topological polar surface area (TPSA) is 84.7 Å². The summed E-state index contributed by atoms with van der Waals surface area (Å²) >= 11 is 0. The van der Waals surface area contributed by atoms with Crippen LogP contribution in [0.3, 0.4) is 0 Å². The first-order valence-electron chi connectivity index (χ1n) is 5.23. The summed E-state index contributed by atoms with van der Waals surface area (Å²) in [5.41, 5.74) is 1.44. The monoisotopic (exact) mass is 235 g/mol. The summed E-state index contributed by atoms with van der Waals surface area (Å²) in [6.45, 7) is 1.09. The molecule has 0 bridgehead atoms. The third-order valence-corrected chi connectivity index (χ3v) is 2.58. The highest BCUT2D eigenvalue weighted by Gasteiger charge is 2.28. The van der Waals surface area contributed by atoms with Crippen molar-refractivity contribution in [3.8, 4) is 0 Å². The molecule has 90 valence electrons. The highest BCUT2D eigenvalue weighted by Crippen LogP contribution is 2.21. The van der Waals surface area contributed by atoms with Gasteiger partial charge in [0.2, 0.25) is 0 Å². The predicted octanol–water partition coefficient (Wildman–Crippen LogP) is -0.460. The van der Waals surface area contributed by atoms with Crippen LogP contribution in [0.4, 0.5) is 5.69 Å². The molecule has 2 rings (SSSR count). The van der Waals surface area contributed by atoms with E-state index in [1.807, 2.05) is 12.1 Å². The van der Waals surface area contributed by atoms with Crippen molar-refractivity contribution in [3.63, 3.8) is 0 Å². The van der Waals surface area contributed by atoms with E-state index in [1.165, 1.54) is 4.90 Å². The number of para-hydroxylation sites is 1. The Morgan fingerprint density at radius 3 is 2.88 bits per heavy atom. The first kappa shape index (κ1) is 11.6. The molecular weight excluding hydrogens is 222 g/mol. The van der Waals surface area contributed by atoms with Crippen molar-refractivity contribution in [1.29, 1.82) is 0 Å². The minimum absolute atomic E-state index is 0.196. The molecule has 1 aliphatic heterocycles. The van der Waals surface area contributed by atoms with E-state index in [0.717, 1.165) is 5.56 Å². The van der Waals surface area contributed by atoms with Crippen molar-refractivity contribution in [2.24, 2.45) is 5.90 Å². The quantitative estimate of drug-likeness (QED) is 0.548. The van der Waals surface area contributed by atoms with Gasteiger partial charge in [-0.2, -0.15) is 0 Å². The summed E-state index contributed by atoms with van der Waals surface area (Å²) < 4.78 is 0. The normalized spacial score (nSPS) is 15.9. The second kappa shape index (κ2) is 4.94. The van der Waals surface area contributed by atoms with Gasteiger partial charge in [0.1, 0.15) is 0 Å². The minimum atomic E-state index is -0.584. The van der Waals surface area contributed by atoms with Crippen molar-refractivity contribution < 1.29 is 14.4 Å². The number of hydrogen-bond donors (Lipinski definition) is 2. The molecule has 1 aromatic carbocycles. The van der Waals surface area contributed by atoms with Gasteiger partial charge >= 0.3 is 11.8 Å². The van der Waals surface area contributed by atoms with Gasteiger partial charge in [-0.05, 0) is 6.07 Å². The fourth-order valence-corrected chi connectivity index (χ4v) is 1.80.